The van der Waals surface area contributed by atoms with Gasteiger partial charge in [-0.25, -0.2) is 8.42 Å². The Morgan fingerprint density at radius 1 is 0.969 bits per heavy atom. The Kier molecular flexibility index (Phi) is 6.39. The first-order chi connectivity index (χ1) is 15.3. The Morgan fingerprint density at radius 2 is 1.62 bits per heavy atom. The van der Waals surface area contributed by atoms with Crippen molar-refractivity contribution in [3.63, 3.8) is 0 Å². The quantitative estimate of drug-likeness (QED) is 0.588. The number of rotatable bonds is 5. The van der Waals surface area contributed by atoms with Crippen molar-refractivity contribution in [2.24, 2.45) is 0 Å². The average molecular weight is 450 g/mol. The Labute approximate surface area is 189 Å². The highest BCUT2D eigenvalue weighted by molar-refractivity contribution is 7.92. The number of benzene rings is 2. The number of aromatic nitrogens is 1. The van der Waals surface area contributed by atoms with Crippen LogP contribution in [0.1, 0.15) is 41.4 Å². The Bertz CT molecular complexity index is 1250. The second-order valence-electron chi connectivity index (χ2n) is 8.22. The van der Waals surface area contributed by atoms with Crippen molar-refractivity contribution in [1.82, 2.24) is 14.2 Å². The van der Waals surface area contributed by atoms with Crippen molar-refractivity contribution < 1.29 is 13.2 Å². The van der Waals surface area contributed by atoms with Gasteiger partial charge in [0, 0.05) is 42.7 Å². The molecule has 0 N–H and O–H groups in total. The van der Waals surface area contributed by atoms with Gasteiger partial charge in [0.05, 0.1) is 11.1 Å². The maximum Gasteiger partial charge on any atom is 0.254 e. The summed E-state index contributed by atoms with van der Waals surface area (Å²) < 4.78 is 26.9. The fourth-order valence-electron chi connectivity index (χ4n) is 3.80. The molecule has 1 aromatic heterocycles. The van der Waals surface area contributed by atoms with Crippen molar-refractivity contribution >= 4 is 32.9 Å². The molecule has 32 heavy (non-hydrogen) atoms. The van der Waals surface area contributed by atoms with Crippen LogP contribution in [0.15, 0.2) is 66.1 Å². The van der Waals surface area contributed by atoms with Gasteiger partial charge in [-0.3, -0.25) is 9.78 Å². The van der Waals surface area contributed by atoms with E-state index in [2.05, 4.69) is 18.8 Å². The summed E-state index contributed by atoms with van der Waals surface area (Å²) in [5.74, 6) is 0.118. The first kappa shape index (κ1) is 22.2. The maximum absolute atomic E-state index is 13.4. The van der Waals surface area contributed by atoms with Crippen molar-refractivity contribution in [1.29, 1.82) is 0 Å². The highest BCUT2D eigenvalue weighted by Gasteiger charge is 2.29. The number of carbonyl (C=O) groups excluding carboxylic acids is 1. The lowest BCUT2D eigenvalue weighted by Gasteiger charge is -2.33. The molecule has 166 valence electrons. The van der Waals surface area contributed by atoms with Crippen LogP contribution in [0.4, 0.5) is 0 Å². The van der Waals surface area contributed by atoms with Crippen LogP contribution in [-0.4, -0.2) is 54.7 Å². The van der Waals surface area contributed by atoms with Gasteiger partial charge in [-0.05, 0) is 29.7 Å². The van der Waals surface area contributed by atoms with Crippen molar-refractivity contribution in [2.75, 3.05) is 26.2 Å². The molecule has 0 spiro atoms. The molecule has 0 atom stereocenters. The number of piperazine rings is 1. The minimum atomic E-state index is -3.54. The fourth-order valence-corrected chi connectivity index (χ4v) is 4.97. The molecule has 2 aromatic carbocycles. The number of amides is 1. The number of fused-ring (bicyclic) bond motifs is 1. The van der Waals surface area contributed by atoms with Crippen molar-refractivity contribution in [3.8, 4) is 0 Å². The van der Waals surface area contributed by atoms with Gasteiger partial charge in [0.15, 0.2) is 0 Å². The molecule has 0 radical (unpaired) electrons. The molecular formula is C25H27N3O3S. The molecule has 7 heteroatoms. The highest BCUT2D eigenvalue weighted by Crippen LogP contribution is 2.24. The third kappa shape index (κ3) is 4.74. The predicted molar refractivity (Wildman–Crippen MR) is 128 cm³/mol. The van der Waals surface area contributed by atoms with Crippen molar-refractivity contribution in [2.45, 2.75) is 19.8 Å². The second-order valence-corrected chi connectivity index (χ2v) is 10.0. The zero-order valence-corrected chi connectivity index (χ0v) is 19.1. The van der Waals surface area contributed by atoms with E-state index in [4.69, 9.17) is 0 Å². The summed E-state index contributed by atoms with van der Waals surface area (Å²) in [5.41, 5.74) is 3.13. The minimum Gasteiger partial charge on any atom is -0.336 e. The van der Waals surface area contributed by atoms with E-state index in [-0.39, 0.29) is 24.9 Å². The molecule has 2 heterocycles. The summed E-state index contributed by atoms with van der Waals surface area (Å²) in [6.07, 6.45) is 1.60. The number of nitrogens with zero attached hydrogens (tertiary/aromatic N) is 3. The van der Waals surface area contributed by atoms with Crippen LogP contribution in [-0.2, 0) is 10.0 Å². The molecule has 1 fully saturated rings. The lowest BCUT2D eigenvalue weighted by molar-refractivity contribution is 0.0700. The summed E-state index contributed by atoms with van der Waals surface area (Å²) in [6.45, 7) is 5.35. The standard InChI is InChI=1S/C25H27N3O3S/c1-19(2)24-18-22(21-10-6-7-11-23(21)26-24)25(29)27-13-15-28(16-14-27)32(30,31)17-12-20-8-4-3-5-9-20/h3-12,17-19H,13-16H2,1-2H3/b17-12+. The molecule has 1 aliphatic heterocycles. The van der Waals surface area contributed by atoms with Crippen LogP contribution in [0.5, 0.6) is 0 Å². The second kappa shape index (κ2) is 9.22. The number of sulfonamides is 1. The van der Waals surface area contributed by atoms with Gasteiger partial charge in [-0.2, -0.15) is 4.31 Å². The van der Waals surface area contributed by atoms with Crippen LogP contribution in [0.2, 0.25) is 0 Å². The van der Waals surface area contributed by atoms with Crippen LogP contribution >= 0.6 is 0 Å². The molecule has 1 saturated heterocycles. The molecule has 3 aromatic rings. The first-order valence-corrected chi connectivity index (χ1v) is 12.3. The molecule has 0 unspecified atom stereocenters. The van der Waals surface area contributed by atoms with Gasteiger partial charge in [0.2, 0.25) is 10.0 Å². The van der Waals surface area contributed by atoms with E-state index in [0.29, 0.717) is 18.7 Å². The molecular weight excluding hydrogens is 422 g/mol. The normalized spacial score (nSPS) is 15.7. The lowest BCUT2D eigenvalue weighted by atomic mass is 10.0. The topological polar surface area (TPSA) is 70.6 Å². The molecule has 0 saturated carbocycles. The van der Waals surface area contributed by atoms with E-state index in [1.54, 1.807) is 11.0 Å². The summed E-state index contributed by atoms with van der Waals surface area (Å²) >= 11 is 0. The maximum atomic E-state index is 13.4. The van der Waals surface area contributed by atoms with Crippen LogP contribution in [0.25, 0.3) is 17.0 Å². The molecule has 0 bridgehead atoms. The Morgan fingerprint density at radius 3 is 2.31 bits per heavy atom. The van der Waals surface area contributed by atoms with Crippen LogP contribution in [0, 0.1) is 0 Å². The number of carbonyl (C=O) groups is 1. The third-order valence-electron chi connectivity index (χ3n) is 5.68. The van der Waals surface area contributed by atoms with Crippen LogP contribution < -0.4 is 0 Å². The van der Waals surface area contributed by atoms with Gasteiger partial charge >= 0.3 is 0 Å². The zero-order valence-electron chi connectivity index (χ0n) is 18.3. The van der Waals surface area contributed by atoms with E-state index in [1.807, 2.05) is 60.7 Å². The smallest absolute Gasteiger partial charge is 0.254 e. The third-order valence-corrected chi connectivity index (χ3v) is 7.24. The highest BCUT2D eigenvalue weighted by atomic mass is 32.2. The molecule has 1 amide bonds. The van der Waals surface area contributed by atoms with Gasteiger partial charge in [-0.15, -0.1) is 0 Å². The number of pyridine rings is 1. The molecule has 4 rings (SSSR count). The van der Waals surface area contributed by atoms with E-state index < -0.39 is 10.0 Å². The fraction of sp³-hybridized carbons (Fsp3) is 0.280. The summed E-state index contributed by atoms with van der Waals surface area (Å²) in [4.78, 5) is 19.8. The van der Waals surface area contributed by atoms with Gasteiger partial charge in [0.25, 0.3) is 5.91 Å². The van der Waals surface area contributed by atoms with Gasteiger partial charge in [-0.1, -0.05) is 62.4 Å². The SMILES string of the molecule is CC(C)c1cc(C(=O)N2CCN(S(=O)(=O)/C=C/c3ccccc3)CC2)c2ccccc2n1. The minimum absolute atomic E-state index is 0.0811. The van der Waals surface area contributed by atoms with Gasteiger partial charge in [0.1, 0.15) is 0 Å². The largest absolute Gasteiger partial charge is 0.336 e. The average Bonchev–Trinajstić information content (AvgIpc) is 2.82. The first-order valence-electron chi connectivity index (χ1n) is 10.8. The summed E-state index contributed by atoms with van der Waals surface area (Å²) in [6, 6.07) is 18.9. The summed E-state index contributed by atoms with van der Waals surface area (Å²) in [7, 11) is -3.54. The Hall–Kier alpha value is -3.03. The van der Waals surface area contributed by atoms with Crippen molar-refractivity contribution in [3.05, 3.63) is 82.9 Å². The lowest BCUT2D eigenvalue weighted by Crippen LogP contribution is -2.50. The summed E-state index contributed by atoms with van der Waals surface area (Å²) in [5, 5.41) is 2.06. The van der Waals surface area contributed by atoms with Gasteiger partial charge < -0.3 is 4.90 Å². The molecule has 1 aliphatic rings. The van der Waals surface area contributed by atoms with E-state index in [1.165, 1.54) is 9.71 Å². The molecule has 0 aliphatic carbocycles. The molecule has 6 nitrogen and oxygen atoms in total. The van der Waals surface area contributed by atoms with E-state index in [0.717, 1.165) is 22.2 Å². The monoisotopic (exact) mass is 449 g/mol. The van der Waals surface area contributed by atoms with E-state index in [9.17, 15) is 13.2 Å². The zero-order chi connectivity index (χ0) is 22.7. The number of hydrogen-bond donors (Lipinski definition) is 0. The van der Waals surface area contributed by atoms with Crippen LogP contribution in [0.3, 0.4) is 0 Å². The van der Waals surface area contributed by atoms with E-state index >= 15 is 0 Å². The number of hydrogen-bond acceptors (Lipinski definition) is 4. The predicted octanol–water partition coefficient (Wildman–Crippen LogP) is 4.12. The number of para-hydroxylation sites is 1. The Balaban J connectivity index is 1.50.